The first-order valence-electron chi connectivity index (χ1n) is 6.47. The predicted molar refractivity (Wildman–Crippen MR) is 81.6 cm³/mol. The summed E-state index contributed by atoms with van der Waals surface area (Å²) in [7, 11) is 0. The Balaban J connectivity index is 2.28. The molecule has 108 valence electrons. The number of para-hydroxylation sites is 1. The van der Waals surface area contributed by atoms with Crippen molar-refractivity contribution in [1.82, 2.24) is 9.55 Å². The Morgan fingerprint density at radius 1 is 1.33 bits per heavy atom. The van der Waals surface area contributed by atoms with E-state index in [4.69, 9.17) is 22.1 Å². The summed E-state index contributed by atoms with van der Waals surface area (Å²) in [5.74, 6) is 0.520. The molecule has 0 unspecified atom stereocenters. The molecule has 21 heavy (non-hydrogen) atoms. The van der Waals surface area contributed by atoms with Crippen molar-refractivity contribution in [3.63, 3.8) is 0 Å². The van der Waals surface area contributed by atoms with E-state index in [0.29, 0.717) is 23.6 Å². The molecule has 0 bridgehead atoms. The molecule has 0 radical (unpaired) electrons. The lowest BCUT2D eigenvalue weighted by Gasteiger charge is -2.09. The highest BCUT2D eigenvalue weighted by Crippen LogP contribution is 2.32. The first kappa shape index (κ1) is 13.7. The van der Waals surface area contributed by atoms with E-state index in [9.17, 15) is 4.39 Å². The molecule has 0 fully saturated rings. The molecule has 0 amide bonds. The smallest absolute Gasteiger partial charge is 0.206 e. The van der Waals surface area contributed by atoms with Crippen molar-refractivity contribution in [3.8, 4) is 11.4 Å². The van der Waals surface area contributed by atoms with Gasteiger partial charge in [-0.2, -0.15) is 0 Å². The lowest BCUT2D eigenvalue weighted by Crippen LogP contribution is -2.01. The molecule has 0 saturated heterocycles. The van der Waals surface area contributed by atoms with Crippen molar-refractivity contribution in [2.75, 3.05) is 12.3 Å². The van der Waals surface area contributed by atoms with Crippen LogP contribution in [-0.2, 0) is 0 Å². The fourth-order valence-electron chi connectivity index (χ4n) is 2.28. The van der Waals surface area contributed by atoms with Crippen molar-refractivity contribution >= 4 is 28.6 Å². The fourth-order valence-corrected chi connectivity index (χ4v) is 2.53. The molecule has 2 N–H and O–H groups in total. The zero-order valence-electron chi connectivity index (χ0n) is 11.3. The van der Waals surface area contributed by atoms with Gasteiger partial charge in [-0.05, 0) is 37.3 Å². The number of fused-ring (bicyclic) bond motifs is 1. The van der Waals surface area contributed by atoms with Crippen molar-refractivity contribution in [3.05, 3.63) is 47.2 Å². The Kier molecular flexibility index (Phi) is 3.43. The zero-order chi connectivity index (χ0) is 15.0. The monoisotopic (exact) mass is 305 g/mol. The molecule has 0 saturated carbocycles. The van der Waals surface area contributed by atoms with Crippen LogP contribution >= 0.6 is 11.6 Å². The number of anilines is 1. The van der Waals surface area contributed by atoms with Gasteiger partial charge in [0, 0.05) is 0 Å². The van der Waals surface area contributed by atoms with Crippen LogP contribution in [0.1, 0.15) is 6.92 Å². The maximum Gasteiger partial charge on any atom is 0.206 e. The van der Waals surface area contributed by atoms with E-state index in [0.717, 1.165) is 5.52 Å². The van der Waals surface area contributed by atoms with Crippen LogP contribution in [0.5, 0.6) is 5.75 Å². The standard InChI is InChI=1S/C15H13ClFN3O/c1-2-21-13-5-3-4-12-14(13)19-15(18)20(12)11-7-6-9(17)8-10(11)16/h3-8H,2H2,1H3,(H2,18,19). The normalized spacial score (nSPS) is 11.0. The van der Waals surface area contributed by atoms with Gasteiger partial charge in [-0.25, -0.2) is 9.37 Å². The van der Waals surface area contributed by atoms with Gasteiger partial charge in [0.15, 0.2) is 0 Å². The van der Waals surface area contributed by atoms with Gasteiger partial charge in [-0.3, -0.25) is 4.57 Å². The average molecular weight is 306 g/mol. The second-order valence-corrected chi connectivity index (χ2v) is 4.87. The van der Waals surface area contributed by atoms with Crippen molar-refractivity contribution in [2.45, 2.75) is 6.92 Å². The van der Waals surface area contributed by atoms with Gasteiger partial charge in [0.25, 0.3) is 0 Å². The first-order valence-corrected chi connectivity index (χ1v) is 6.84. The summed E-state index contributed by atoms with van der Waals surface area (Å²) < 4.78 is 20.4. The van der Waals surface area contributed by atoms with E-state index in [-0.39, 0.29) is 11.0 Å². The van der Waals surface area contributed by atoms with Crippen molar-refractivity contribution in [2.24, 2.45) is 0 Å². The Morgan fingerprint density at radius 2 is 2.14 bits per heavy atom. The molecular weight excluding hydrogens is 293 g/mol. The SMILES string of the molecule is CCOc1cccc2c1nc(N)n2-c1ccc(F)cc1Cl. The number of nitrogen functional groups attached to an aromatic ring is 1. The molecule has 1 heterocycles. The number of rotatable bonds is 3. The number of halogens is 2. The molecular formula is C15H13ClFN3O. The molecule has 0 aliphatic heterocycles. The summed E-state index contributed by atoms with van der Waals surface area (Å²) in [6.07, 6.45) is 0. The van der Waals surface area contributed by atoms with Crippen LogP contribution in [-0.4, -0.2) is 16.2 Å². The largest absolute Gasteiger partial charge is 0.492 e. The molecule has 4 nitrogen and oxygen atoms in total. The molecule has 0 aliphatic rings. The fraction of sp³-hybridized carbons (Fsp3) is 0.133. The number of benzene rings is 2. The second-order valence-electron chi connectivity index (χ2n) is 4.46. The van der Waals surface area contributed by atoms with Crippen molar-refractivity contribution < 1.29 is 9.13 Å². The third-order valence-electron chi connectivity index (χ3n) is 3.12. The molecule has 3 aromatic rings. The molecule has 0 aliphatic carbocycles. The van der Waals surface area contributed by atoms with Crippen LogP contribution in [0.2, 0.25) is 5.02 Å². The van der Waals surface area contributed by atoms with Gasteiger partial charge in [-0.1, -0.05) is 17.7 Å². The Hall–Kier alpha value is -2.27. The summed E-state index contributed by atoms with van der Waals surface area (Å²) in [6.45, 7) is 2.43. The van der Waals surface area contributed by atoms with Gasteiger partial charge >= 0.3 is 0 Å². The molecule has 1 aromatic heterocycles. The van der Waals surface area contributed by atoms with E-state index in [1.54, 1.807) is 10.6 Å². The highest BCUT2D eigenvalue weighted by Gasteiger charge is 2.15. The first-order chi connectivity index (χ1) is 10.1. The highest BCUT2D eigenvalue weighted by molar-refractivity contribution is 6.32. The summed E-state index contributed by atoms with van der Waals surface area (Å²) in [5, 5.41) is 0.266. The van der Waals surface area contributed by atoms with Crippen LogP contribution in [0.25, 0.3) is 16.7 Å². The lowest BCUT2D eigenvalue weighted by molar-refractivity contribution is 0.344. The van der Waals surface area contributed by atoms with Crippen LogP contribution in [0.15, 0.2) is 36.4 Å². The Morgan fingerprint density at radius 3 is 2.86 bits per heavy atom. The minimum Gasteiger partial charge on any atom is -0.492 e. The van der Waals surface area contributed by atoms with Crippen LogP contribution in [0.3, 0.4) is 0 Å². The van der Waals surface area contributed by atoms with Gasteiger partial charge in [0.05, 0.1) is 22.8 Å². The summed E-state index contributed by atoms with van der Waals surface area (Å²) in [4.78, 5) is 4.33. The molecule has 3 rings (SSSR count). The maximum atomic E-state index is 13.2. The molecule has 0 atom stereocenters. The van der Waals surface area contributed by atoms with Gasteiger partial charge < -0.3 is 10.5 Å². The minimum absolute atomic E-state index is 0.266. The van der Waals surface area contributed by atoms with Gasteiger partial charge in [0.1, 0.15) is 17.1 Å². The van der Waals surface area contributed by atoms with E-state index >= 15 is 0 Å². The Labute approximate surface area is 125 Å². The zero-order valence-corrected chi connectivity index (χ0v) is 12.1. The van der Waals surface area contributed by atoms with Crippen LogP contribution in [0, 0.1) is 5.82 Å². The summed E-state index contributed by atoms with van der Waals surface area (Å²) >= 11 is 6.12. The number of nitrogens with zero attached hydrogens (tertiary/aromatic N) is 2. The third kappa shape index (κ3) is 2.29. The number of imidazole rings is 1. The van der Waals surface area contributed by atoms with E-state index in [2.05, 4.69) is 4.98 Å². The molecule has 6 heteroatoms. The number of nitrogens with two attached hydrogens (primary N) is 1. The summed E-state index contributed by atoms with van der Waals surface area (Å²) in [5.41, 5.74) is 7.98. The minimum atomic E-state index is -0.401. The van der Waals surface area contributed by atoms with Crippen LogP contribution in [0.4, 0.5) is 10.3 Å². The quantitative estimate of drug-likeness (QED) is 0.801. The molecule has 0 spiro atoms. The Bertz CT molecular complexity index is 816. The third-order valence-corrected chi connectivity index (χ3v) is 3.43. The molecule has 2 aromatic carbocycles. The van der Waals surface area contributed by atoms with Crippen LogP contribution < -0.4 is 10.5 Å². The topological polar surface area (TPSA) is 53.1 Å². The maximum absolute atomic E-state index is 13.2. The van der Waals surface area contributed by atoms with E-state index in [1.807, 2.05) is 25.1 Å². The van der Waals surface area contributed by atoms with Gasteiger partial charge in [0.2, 0.25) is 5.95 Å². The second kappa shape index (κ2) is 5.26. The van der Waals surface area contributed by atoms with E-state index in [1.165, 1.54) is 12.1 Å². The number of ether oxygens (including phenoxy) is 1. The van der Waals surface area contributed by atoms with E-state index < -0.39 is 5.82 Å². The lowest BCUT2D eigenvalue weighted by atomic mass is 10.2. The van der Waals surface area contributed by atoms with Crippen molar-refractivity contribution in [1.29, 1.82) is 0 Å². The average Bonchev–Trinajstić information content (AvgIpc) is 2.77. The number of aromatic nitrogens is 2. The number of hydrogen-bond donors (Lipinski definition) is 1. The number of hydrogen-bond acceptors (Lipinski definition) is 3. The highest BCUT2D eigenvalue weighted by atomic mass is 35.5. The predicted octanol–water partition coefficient (Wildman–Crippen LogP) is 3.80. The van der Waals surface area contributed by atoms with Gasteiger partial charge in [-0.15, -0.1) is 0 Å². The summed E-state index contributed by atoms with van der Waals surface area (Å²) in [6, 6.07) is 9.69.